The maximum Gasteiger partial charge on any atom is 0.306 e. The van der Waals surface area contributed by atoms with E-state index < -0.39 is 12.1 Å². The normalized spacial score (nSPS) is 11.4. The Balaban J connectivity index is 1.78. The molecule has 0 heterocycles. The molecule has 0 radical (unpaired) electrons. The molecule has 0 aliphatic carbocycles. The van der Waals surface area contributed by atoms with Crippen LogP contribution >= 0.6 is 0 Å². The maximum absolute atomic E-state index is 12.1. The number of carbonyl (C=O) groups is 2. The molecule has 2 aromatic rings. The standard InChI is InChI=1S/C20H23NO4/c1-3-24-18-12-10-17(11-13-18)21-20(23)15(2)25-19(22)14-9-16-7-5-4-6-8-16/h4-8,10-13,15H,3,9,14H2,1-2H3,(H,21,23)/t15-/m1/s1. The molecule has 0 aliphatic rings. The zero-order chi connectivity index (χ0) is 18.1. The number of hydrogen-bond donors (Lipinski definition) is 1. The van der Waals surface area contributed by atoms with Crippen molar-refractivity contribution in [1.29, 1.82) is 0 Å². The van der Waals surface area contributed by atoms with Gasteiger partial charge < -0.3 is 14.8 Å². The van der Waals surface area contributed by atoms with Gasteiger partial charge in [0, 0.05) is 12.1 Å². The Morgan fingerprint density at radius 3 is 2.36 bits per heavy atom. The molecule has 25 heavy (non-hydrogen) atoms. The van der Waals surface area contributed by atoms with Gasteiger partial charge in [-0.2, -0.15) is 0 Å². The second-order valence-corrected chi connectivity index (χ2v) is 5.56. The minimum atomic E-state index is -0.852. The van der Waals surface area contributed by atoms with E-state index in [4.69, 9.17) is 9.47 Å². The molecule has 132 valence electrons. The van der Waals surface area contributed by atoms with E-state index in [1.165, 1.54) is 0 Å². The number of rotatable bonds is 8. The first-order valence-electron chi connectivity index (χ1n) is 8.35. The molecule has 0 unspecified atom stereocenters. The van der Waals surface area contributed by atoms with Crippen LogP contribution in [-0.2, 0) is 20.7 Å². The topological polar surface area (TPSA) is 64.6 Å². The van der Waals surface area contributed by atoms with Crippen molar-refractivity contribution < 1.29 is 19.1 Å². The van der Waals surface area contributed by atoms with Crippen molar-refractivity contribution in [2.75, 3.05) is 11.9 Å². The zero-order valence-electron chi connectivity index (χ0n) is 14.5. The summed E-state index contributed by atoms with van der Waals surface area (Å²) in [7, 11) is 0. The van der Waals surface area contributed by atoms with Crippen LogP contribution in [0.1, 0.15) is 25.8 Å². The van der Waals surface area contributed by atoms with E-state index in [1.54, 1.807) is 31.2 Å². The van der Waals surface area contributed by atoms with E-state index in [-0.39, 0.29) is 12.3 Å². The van der Waals surface area contributed by atoms with E-state index >= 15 is 0 Å². The molecule has 0 aliphatic heterocycles. The number of anilines is 1. The van der Waals surface area contributed by atoms with E-state index in [1.807, 2.05) is 37.3 Å². The van der Waals surface area contributed by atoms with Crippen molar-refractivity contribution in [2.45, 2.75) is 32.8 Å². The Hall–Kier alpha value is -2.82. The highest BCUT2D eigenvalue weighted by molar-refractivity contribution is 5.95. The first-order valence-corrected chi connectivity index (χ1v) is 8.35. The number of carbonyl (C=O) groups excluding carboxylic acids is 2. The third-order valence-corrected chi connectivity index (χ3v) is 3.57. The van der Waals surface area contributed by atoms with E-state index in [0.717, 1.165) is 11.3 Å². The lowest BCUT2D eigenvalue weighted by atomic mass is 10.1. The van der Waals surface area contributed by atoms with Crippen LogP contribution < -0.4 is 10.1 Å². The number of ether oxygens (including phenoxy) is 2. The van der Waals surface area contributed by atoms with Gasteiger partial charge in [-0.1, -0.05) is 30.3 Å². The molecule has 0 spiro atoms. The van der Waals surface area contributed by atoms with Gasteiger partial charge in [0.1, 0.15) is 5.75 Å². The summed E-state index contributed by atoms with van der Waals surface area (Å²) in [6.45, 7) is 4.05. The lowest BCUT2D eigenvalue weighted by molar-refractivity contribution is -0.153. The van der Waals surface area contributed by atoms with Crippen LogP contribution in [0.2, 0.25) is 0 Å². The lowest BCUT2D eigenvalue weighted by Crippen LogP contribution is -2.30. The number of amides is 1. The second kappa shape index (κ2) is 9.47. The van der Waals surface area contributed by atoms with Gasteiger partial charge in [-0.05, 0) is 50.1 Å². The lowest BCUT2D eigenvalue weighted by Gasteiger charge is -2.14. The summed E-state index contributed by atoms with van der Waals surface area (Å²) in [5.41, 5.74) is 1.69. The largest absolute Gasteiger partial charge is 0.494 e. The summed E-state index contributed by atoms with van der Waals surface area (Å²) in [5, 5.41) is 2.72. The highest BCUT2D eigenvalue weighted by Gasteiger charge is 2.17. The molecule has 1 amide bonds. The third-order valence-electron chi connectivity index (χ3n) is 3.57. The average molecular weight is 341 g/mol. The van der Waals surface area contributed by atoms with Gasteiger partial charge in [-0.25, -0.2) is 0 Å². The smallest absolute Gasteiger partial charge is 0.306 e. The number of aryl methyl sites for hydroxylation is 1. The summed E-state index contributed by atoms with van der Waals surface area (Å²) in [6, 6.07) is 16.7. The van der Waals surface area contributed by atoms with Gasteiger partial charge in [0.25, 0.3) is 5.91 Å². The van der Waals surface area contributed by atoms with E-state index in [0.29, 0.717) is 18.7 Å². The van der Waals surface area contributed by atoms with Crippen molar-refractivity contribution in [3.8, 4) is 5.75 Å². The predicted octanol–water partition coefficient (Wildman–Crippen LogP) is 3.59. The molecule has 2 aromatic carbocycles. The summed E-state index contributed by atoms with van der Waals surface area (Å²) < 4.78 is 10.5. The van der Waals surface area contributed by atoms with Gasteiger partial charge in [-0.3, -0.25) is 9.59 Å². The monoisotopic (exact) mass is 341 g/mol. The molecule has 0 saturated heterocycles. The van der Waals surface area contributed by atoms with Gasteiger partial charge in [-0.15, -0.1) is 0 Å². The van der Waals surface area contributed by atoms with Crippen molar-refractivity contribution in [3.63, 3.8) is 0 Å². The van der Waals surface area contributed by atoms with Crippen molar-refractivity contribution in [2.24, 2.45) is 0 Å². The molecule has 0 bridgehead atoms. The minimum Gasteiger partial charge on any atom is -0.494 e. The molecule has 5 heteroatoms. The Morgan fingerprint density at radius 2 is 1.72 bits per heavy atom. The van der Waals surface area contributed by atoms with Gasteiger partial charge in [0.2, 0.25) is 0 Å². The number of benzene rings is 2. The fraction of sp³-hybridized carbons (Fsp3) is 0.300. The third kappa shape index (κ3) is 6.30. The second-order valence-electron chi connectivity index (χ2n) is 5.56. The Morgan fingerprint density at radius 1 is 1.04 bits per heavy atom. The summed E-state index contributed by atoms with van der Waals surface area (Å²) >= 11 is 0. The molecule has 1 atom stereocenters. The summed E-state index contributed by atoms with van der Waals surface area (Å²) in [5.74, 6) is -0.0173. The minimum absolute atomic E-state index is 0.241. The number of esters is 1. The van der Waals surface area contributed by atoms with Crippen molar-refractivity contribution in [3.05, 3.63) is 60.2 Å². The Labute approximate surface area is 148 Å². The molecule has 0 saturated carbocycles. The Kier molecular flexibility index (Phi) is 7.01. The van der Waals surface area contributed by atoms with E-state index in [2.05, 4.69) is 5.32 Å². The van der Waals surface area contributed by atoms with Crippen molar-refractivity contribution >= 4 is 17.6 Å². The predicted molar refractivity (Wildman–Crippen MR) is 96.6 cm³/mol. The van der Waals surface area contributed by atoms with Crippen molar-refractivity contribution in [1.82, 2.24) is 0 Å². The molecule has 2 rings (SSSR count). The molecular formula is C20H23NO4. The highest BCUT2D eigenvalue weighted by atomic mass is 16.5. The van der Waals surface area contributed by atoms with Crippen LogP contribution in [0.3, 0.4) is 0 Å². The first-order chi connectivity index (χ1) is 12.1. The fourth-order valence-electron chi connectivity index (χ4n) is 2.25. The molecule has 5 nitrogen and oxygen atoms in total. The molecule has 0 aromatic heterocycles. The molecule has 0 fully saturated rings. The van der Waals surface area contributed by atoms with Crippen LogP contribution in [0, 0.1) is 0 Å². The quantitative estimate of drug-likeness (QED) is 0.745. The van der Waals surface area contributed by atoms with Crippen LogP contribution in [0.25, 0.3) is 0 Å². The molecular weight excluding hydrogens is 318 g/mol. The average Bonchev–Trinajstić information content (AvgIpc) is 2.62. The van der Waals surface area contributed by atoms with Gasteiger partial charge in [0.05, 0.1) is 6.61 Å². The van der Waals surface area contributed by atoms with Crippen LogP contribution in [0.4, 0.5) is 5.69 Å². The fourth-order valence-corrected chi connectivity index (χ4v) is 2.25. The van der Waals surface area contributed by atoms with Gasteiger partial charge in [0.15, 0.2) is 6.10 Å². The van der Waals surface area contributed by atoms with Crippen LogP contribution in [0.5, 0.6) is 5.75 Å². The first kappa shape index (κ1) is 18.5. The maximum atomic E-state index is 12.1. The number of nitrogens with one attached hydrogen (secondary N) is 1. The highest BCUT2D eigenvalue weighted by Crippen LogP contribution is 2.16. The van der Waals surface area contributed by atoms with Crippen LogP contribution in [0.15, 0.2) is 54.6 Å². The summed E-state index contributed by atoms with van der Waals surface area (Å²) in [4.78, 5) is 24.0. The number of hydrogen-bond acceptors (Lipinski definition) is 4. The zero-order valence-corrected chi connectivity index (χ0v) is 14.5. The van der Waals surface area contributed by atoms with E-state index in [9.17, 15) is 9.59 Å². The SMILES string of the molecule is CCOc1ccc(NC(=O)[C@@H](C)OC(=O)CCc2ccccc2)cc1. The Bertz CT molecular complexity index is 683. The van der Waals surface area contributed by atoms with Gasteiger partial charge >= 0.3 is 5.97 Å². The molecule has 1 N–H and O–H groups in total. The van der Waals surface area contributed by atoms with Crippen LogP contribution in [-0.4, -0.2) is 24.6 Å². The summed E-state index contributed by atoms with van der Waals surface area (Å²) in [6.07, 6.45) is -0.0211.